The highest BCUT2D eigenvalue weighted by Crippen LogP contribution is 2.08. The van der Waals surface area contributed by atoms with E-state index in [9.17, 15) is 4.79 Å². The lowest BCUT2D eigenvalue weighted by atomic mass is 10.1. The van der Waals surface area contributed by atoms with Gasteiger partial charge in [-0.15, -0.1) is 0 Å². The van der Waals surface area contributed by atoms with Crippen LogP contribution in [0, 0.1) is 0 Å². The maximum absolute atomic E-state index is 11.4. The van der Waals surface area contributed by atoms with Crippen LogP contribution in [0.3, 0.4) is 0 Å². The number of esters is 1. The van der Waals surface area contributed by atoms with Crippen LogP contribution in [0.15, 0.2) is 12.3 Å². The first-order valence-electron chi connectivity index (χ1n) is 7.50. The number of hydrogen-bond acceptors (Lipinski definition) is 6. The number of aromatic nitrogens is 2. The number of methoxy groups -OCH3 is 1. The lowest BCUT2D eigenvalue weighted by Gasteiger charge is -2.20. The van der Waals surface area contributed by atoms with Crippen LogP contribution in [-0.2, 0) is 4.74 Å². The predicted molar refractivity (Wildman–Crippen MR) is 83.5 cm³/mol. The van der Waals surface area contributed by atoms with Crippen LogP contribution in [0.5, 0.6) is 0 Å². The smallest absolute Gasteiger partial charge is 0.376 e. The lowest BCUT2D eigenvalue weighted by molar-refractivity contribution is 0.0587. The molecular weight excluding hydrogens is 268 g/mol. The van der Waals surface area contributed by atoms with Crippen molar-refractivity contribution in [1.82, 2.24) is 14.9 Å². The monoisotopic (exact) mass is 294 g/mol. The van der Waals surface area contributed by atoms with Crippen LogP contribution >= 0.6 is 0 Å². The van der Waals surface area contributed by atoms with Crippen molar-refractivity contribution in [2.24, 2.45) is 0 Å². The minimum Gasteiger partial charge on any atom is -0.463 e. The summed E-state index contributed by atoms with van der Waals surface area (Å²) < 4.78 is 4.61. The van der Waals surface area contributed by atoms with Crippen LogP contribution in [0.25, 0.3) is 0 Å². The molecule has 0 radical (unpaired) electrons. The number of carbonyl (C=O) groups is 1. The van der Waals surface area contributed by atoms with Gasteiger partial charge in [-0.25, -0.2) is 14.8 Å². The highest BCUT2D eigenvalue weighted by Gasteiger charge is 2.11. The Labute approximate surface area is 126 Å². The summed E-state index contributed by atoms with van der Waals surface area (Å²) >= 11 is 0. The molecule has 1 N–H and O–H groups in total. The Morgan fingerprint density at radius 2 is 2.14 bits per heavy atom. The van der Waals surface area contributed by atoms with E-state index in [0.29, 0.717) is 11.9 Å². The van der Waals surface area contributed by atoms with Gasteiger partial charge in [0.2, 0.25) is 5.82 Å². The second-order valence-corrected chi connectivity index (χ2v) is 4.97. The Kier molecular flexibility index (Phi) is 7.68. The number of carbonyl (C=O) groups excluding carboxylic acids is 1. The van der Waals surface area contributed by atoms with Gasteiger partial charge in [0, 0.05) is 12.2 Å². The van der Waals surface area contributed by atoms with E-state index in [4.69, 9.17) is 0 Å². The molecule has 1 aromatic heterocycles. The van der Waals surface area contributed by atoms with Crippen molar-refractivity contribution < 1.29 is 9.53 Å². The fourth-order valence-corrected chi connectivity index (χ4v) is 2.11. The molecule has 1 heterocycles. The first-order valence-corrected chi connectivity index (χ1v) is 7.50. The average Bonchev–Trinajstić information content (AvgIpc) is 2.51. The molecule has 6 nitrogen and oxygen atoms in total. The second kappa shape index (κ2) is 9.28. The molecule has 0 aliphatic rings. The predicted octanol–water partition coefficient (Wildman–Crippen LogP) is 2.19. The molecule has 21 heavy (non-hydrogen) atoms. The highest BCUT2D eigenvalue weighted by atomic mass is 16.5. The van der Waals surface area contributed by atoms with Crippen LogP contribution in [-0.4, -0.2) is 53.6 Å². The largest absolute Gasteiger partial charge is 0.463 e. The van der Waals surface area contributed by atoms with E-state index >= 15 is 0 Å². The topological polar surface area (TPSA) is 67.4 Å². The quantitative estimate of drug-likeness (QED) is 0.704. The number of rotatable bonds is 9. The SMILES string of the molecule is CCN(CC)CCCC(C)Nc1ccnc(C(=O)OC)n1. The average molecular weight is 294 g/mol. The molecule has 1 atom stereocenters. The van der Waals surface area contributed by atoms with Crippen molar-refractivity contribution in [2.75, 3.05) is 32.1 Å². The van der Waals surface area contributed by atoms with Gasteiger partial charge in [-0.05, 0) is 45.5 Å². The fourth-order valence-electron chi connectivity index (χ4n) is 2.11. The van der Waals surface area contributed by atoms with Gasteiger partial charge in [-0.1, -0.05) is 13.8 Å². The molecule has 0 aromatic carbocycles. The van der Waals surface area contributed by atoms with Crippen molar-refractivity contribution in [3.8, 4) is 0 Å². The second-order valence-electron chi connectivity index (χ2n) is 4.97. The molecular formula is C15H26N4O2. The van der Waals surface area contributed by atoms with Gasteiger partial charge in [-0.3, -0.25) is 0 Å². The Morgan fingerprint density at radius 3 is 2.76 bits per heavy atom. The Morgan fingerprint density at radius 1 is 1.43 bits per heavy atom. The standard InChI is InChI=1S/C15H26N4O2/c1-5-19(6-2)11-7-8-12(3)17-13-9-10-16-14(18-13)15(20)21-4/h9-10,12H,5-8,11H2,1-4H3,(H,16,17,18). The molecule has 0 fully saturated rings. The molecule has 1 rings (SSSR count). The number of nitrogens with one attached hydrogen (secondary N) is 1. The zero-order chi connectivity index (χ0) is 15.7. The zero-order valence-corrected chi connectivity index (χ0v) is 13.4. The summed E-state index contributed by atoms with van der Waals surface area (Å²) in [6.45, 7) is 9.76. The van der Waals surface area contributed by atoms with E-state index in [1.807, 2.05) is 0 Å². The minimum atomic E-state index is -0.521. The molecule has 0 saturated heterocycles. The molecule has 0 amide bonds. The van der Waals surface area contributed by atoms with Gasteiger partial charge in [-0.2, -0.15) is 0 Å². The maximum Gasteiger partial charge on any atom is 0.376 e. The molecule has 118 valence electrons. The summed E-state index contributed by atoms with van der Waals surface area (Å²) in [6.07, 6.45) is 3.74. The Balaban J connectivity index is 2.44. The fraction of sp³-hybridized carbons (Fsp3) is 0.667. The molecule has 0 bridgehead atoms. The molecule has 1 aromatic rings. The van der Waals surface area contributed by atoms with Crippen LogP contribution in [0.2, 0.25) is 0 Å². The van der Waals surface area contributed by atoms with Gasteiger partial charge >= 0.3 is 5.97 Å². The summed E-state index contributed by atoms with van der Waals surface area (Å²) in [7, 11) is 1.32. The van der Waals surface area contributed by atoms with E-state index in [1.54, 1.807) is 12.3 Å². The van der Waals surface area contributed by atoms with E-state index in [-0.39, 0.29) is 5.82 Å². The Bertz CT molecular complexity index is 435. The first kappa shape index (κ1) is 17.4. The van der Waals surface area contributed by atoms with Gasteiger partial charge in [0.05, 0.1) is 7.11 Å². The number of anilines is 1. The van der Waals surface area contributed by atoms with Gasteiger partial charge in [0.15, 0.2) is 0 Å². The van der Waals surface area contributed by atoms with Gasteiger partial charge in [0.25, 0.3) is 0 Å². The number of ether oxygens (including phenoxy) is 1. The van der Waals surface area contributed by atoms with Gasteiger partial charge in [0.1, 0.15) is 5.82 Å². The summed E-state index contributed by atoms with van der Waals surface area (Å²) in [5, 5.41) is 3.29. The van der Waals surface area contributed by atoms with Gasteiger partial charge < -0.3 is 15.0 Å². The lowest BCUT2D eigenvalue weighted by Crippen LogP contribution is -2.25. The molecule has 0 aliphatic carbocycles. The summed E-state index contributed by atoms with van der Waals surface area (Å²) in [5.41, 5.74) is 0. The van der Waals surface area contributed by atoms with E-state index in [0.717, 1.165) is 32.5 Å². The molecule has 0 saturated carbocycles. The normalized spacial score (nSPS) is 12.2. The maximum atomic E-state index is 11.4. The Hall–Kier alpha value is -1.69. The molecule has 0 spiro atoms. The van der Waals surface area contributed by atoms with E-state index in [2.05, 4.69) is 45.7 Å². The van der Waals surface area contributed by atoms with E-state index in [1.165, 1.54) is 7.11 Å². The van der Waals surface area contributed by atoms with Crippen molar-refractivity contribution in [3.63, 3.8) is 0 Å². The van der Waals surface area contributed by atoms with Crippen molar-refractivity contribution in [2.45, 2.75) is 39.7 Å². The van der Waals surface area contributed by atoms with Crippen LogP contribution in [0.4, 0.5) is 5.82 Å². The molecule has 0 aliphatic heterocycles. The summed E-state index contributed by atoms with van der Waals surface area (Å²) in [5.74, 6) is 0.214. The van der Waals surface area contributed by atoms with Crippen molar-refractivity contribution in [3.05, 3.63) is 18.1 Å². The third-order valence-electron chi connectivity index (χ3n) is 3.42. The number of hydrogen-bond donors (Lipinski definition) is 1. The third kappa shape index (κ3) is 6.08. The zero-order valence-electron chi connectivity index (χ0n) is 13.4. The summed E-state index contributed by atoms with van der Waals surface area (Å²) in [4.78, 5) is 21.8. The first-order chi connectivity index (χ1) is 10.1. The van der Waals surface area contributed by atoms with E-state index < -0.39 is 5.97 Å². The molecule has 6 heteroatoms. The van der Waals surface area contributed by atoms with Crippen LogP contribution in [0.1, 0.15) is 44.2 Å². The van der Waals surface area contributed by atoms with Crippen LogP contribution < -0.4 is 5.32 Å². The van der Waals surface area contributed by atoms with Crippen molar-refractivity contribution >= 4 is 11.8 Å². The van der Waals surface area contributed by atoms with Crippen molar-refractivity contribution in [1.29, 1.82) is 0 Å². The highest BCUT2D eigenvalue weighted by molar-refractivity contribution is 5.85. The summed E-state index contributed by atoms with van der Waals surface area (Å²) in [6, 6.07) is 2.05. The minimum absolute atomic E-state index is 0.0813. The molecule has 1 unspecified atom stereocenters. The third-order valence-corrected chi connectivity index (χ3v) is 3.42. The number of nitrogens with zero attached hydrogens (tertiary/aromatic N) is 3.